The number of hydrogen-bond acceptors (Lipinski definition) is 5. The molecule has 6 heteroatoms. The molecule has 0 saturated carbocycles. The van der Waals surface area contributed by atoms with E-state index in [-0.39, 0.29) is 59.3 Å². The minimum absolute atomic E-state index is 0. The molecular formula is C18H22NO3SYb-. The van der Waals surface area contributed by atoms with Gasteiger partial charge in [0.1, 0.15) is 4.87 Å². The van der Waals surface area contributed by atoms with Crippen LogP contribution in [0.1, 0.15) is 37.1 Å². The van der Waals surface area contributed by atoms with Gasteiger partial charge in [-0.2, -0.15) is 0 Å². The molecule has 0 saturated heterocycles. The Bertz CT molecular complexity index is 708. The Kier molecular flexibility index (Phi) is 10.2. The third-order valence-electron chi connectivity index (χ3n) is 3.37. The number of para-hydroxylation sites is 1. The maximum Gasteiger partial charge on any atom is 0.310 e. The van der Waals surface area contributed by atoms with E-state index in [1.54, 1.807) is 0 Å². The molecule has 0 N–H and O–H groups in total. The van der Waals surface area contributed by atoms with Gasteiger partial charge in [0.05, 0.1) is 18.7 Å². The topological polar surface area (TPSA) is 51.8 Å². The van der Waals surface area contributed by atoms with E-state index in [0.717, 1.165) is 29.0 Å². The summed E-state index contributed by atoms with van der Waals surface area (Å²) in [5, 5.41) is 0. The maximum atomic E-state index is 12.0. The summed E-state index contributed by atoms with van der Waals surface area (Å²) in [6, 6.07) is 7.54. The molecular weight excluding hydrogens is 483 g/mol. The molecule has 0 bridgehead atoms. The minimum Gasteiger partial charge on any atom is -0.621 e. The number of aryl methyl sites for hydroxylation is 1. The molecule has 1 aromatic carbocycles. The second kappa shape index (κ2) is 11.3. The standard InChI is InChI=1S/C18H22NO3S.Yb/c1-4-7-13(2)11-21-17(20)10-15-8-5-6-9-16(15)19-18-22-12-14(3)23-18;/h5-6,8-9,13H,4,7,10-11H2,1-3H3;/q-1;. The van der Waals surface area contributed by atoms with Crippen LogP contribution in [0, 0.1) is 66.0 Å². The molecule has 1 heterocycles. The van der Waals surface area contributed by atoms with Gasteiger partial charge < -0.3 is 9.15 Å². The molecule has 0 amide bonds. The Morgan fingerprint density at radius 3 is 2.83 bits per heavy atom. The smallest absolute Gasteiger partial charge is 0.310 e. The summed E-state index contributed by atoms with van der Waals surface area (Å²) in [5.74, 6) is 0.175. The Hall–Kier alpha value is -0.361. The van der Waals surface area contributed by atoms with Crippen LogP contribution in [-0.2, 0) is 16.0 Å². The quantitative estimate of drug-likeness (QED) is 0.419. The monoisotopic (exact) mass is 506 g/mol. The second-order valence-corrected chi connectivity index (χ2v) is 6.79. The van der Waals surface area contributed by atoms with Crippen molar-refractivity contribution in [3.63, 3.8) is 0 Å². The first-order chi connectivity index (χ1) is 11.1. The fraction of sp³-hybridized carbons (Fsp3) is 0.444. The van der Waals surface area contributed by atoms with E-state index >= 15 is 0 Å². The van der Waals surface area contributed by atoms with Crippen molar-refractivity contribution in [2.45, 2.75) is 40.0 Å². The van der Waals surface area contributed by atoms with Crippen LogP contribution >= 0.6 is 11.3 Å². The van der Waals surface area contributed by atoms with Crippen LogP contribution in [-0.4, -0.2) is 12.6 Å². The summed E-state index contributed by atoms with van der Waals surface area (Å²) in [6.07, 6.45) is 5.13. The van der Waals surface area contributed by atoms with Gasteiger partial charge in [-0.05, 0) is 30.9 Å². The molecule has 0 aliphatic carbocycles. The van der Waals surface area contributed by atoms with Gasteiger partial charge >= 0.3 is 5.97 Å². The number of benzene rings is 1. The van der Waals surface area contributed by atoms with Gasteiger partial charge in [0, 0.05) is 46.9 Å². The van der Waals surface area contributed by atoms with Crippen molar-refractivity contribution in [2.75, 3.05) is 6.61 Å². The Labute approximate surface area is 185 Å². The van der Waals surface area contributed by atoms with Gasteiger partial charge in [-0.3, -0.25) is 9.79 Å². The molecule has 1 unspecified atom stereocenters. The number of carbonyl (C=O) groups excluding carboxylic acids is 1. The molecule has 2 aromatic rings. The van der Waals surface area contributed by atoms with Crippen LogP contribution < -0.4 is 4.87 Å². The molecule has 0 radical (unpaired) electrons. The molecule has 0 fully saturated rings. The van der Waals surface area contributed by atoms with E-state index in [1.165, 1.54) is 11.3 Å². The Morgan fingerprint density at radius 1 is 1.42 bits per heavy atom. The molecule has 1 atom stereocenters. The molecule has 0 spiro atoms. The molecule has 2 rings (SSSR count). The summed E-state index contributed by atoms with van der Waals surface area (Å²) in [7, 11) is 0. The van der Waals surface area contributed by atoms with Crippen LogP contribution in [0.15, 0.2) is 33.7 Å². The fourth-order valence-electron chi connectivity index (χ4n) is 2.22. The maximum absolute atomic E-state index is 12.0. The van der Waals surface area contributed by atoms with E-state index in [2.05, 4.69) is 25.1 Å². The molecule has 4 nitrogen and oxygen atoms in total. The normalized spacial score (nSPS) is 12.5. The van der Waals surface area contributed by atoms with E-state index in [9.17, 15) is 4.79 Å². The van der Waals surface area contributed by atoms with Crippen molar-refractivity contribution >= 4 is 23.0 Å². The van der Waals surface area contributed by atoms with Gasteiger partial charge in [-0.25, -0.2) is 11.3 Å². The third-order valence-corrected chi connectivity index (χ3v) is 4.11. The molecule has 0 aliphatic heterocycles. The second-order valence-electron chi connectivity index (χ2n) is 5.62. The number of hydrogen-bond donors (Lipinski definition) is 0. The largest absolute Gasteiger partial charge is 0.621 e. The van der Waals surface area contributed by atoms with Crippen molar-refractivity contribution in [2.24, 2.45) is 10.9 Å². The van der Waals surface area contributed by atoms with Crippen molar-refractivity contribution in [1.82, 2.24) is 0 Å². The van der Waals surface area contributed by atoms with Crippen LogP contribution in [0.3, 0.4) is 0 Å². The first kappa shape index (κ1) is 21.7. The third kappa shape index (κ3) is 7.26. The predicted octanol–water partition coefficient (Wildman–Crippen LogP) is 4.20. The predicted molar refractivity (Wildman–Crippen MR) is 90.6 cm³/mol. The summed E-state index contributed by atoms with van der Waals surface area (Å²) < 4.78 is 10.6. The summed E-state index contributed by atoms with van der Waals surface area (Å²) in [5.41, 5.74) is 1.56. The fourth-order valence-corrected chi connectivity index (χ4v) is 2.79. The minimum atomic E-state index is -0.221. The number of carbonyl (C=O) groups is 1. The zero-order valence-electron chi connectivity index (χ0n) is 14.1. The van der Waals surface area contributed by atoms with Gasteiger partial charge in [0.2, 0.25) is 0 Å². The first-order valence-electron chi connectivity index (χ1n) is 7.85. The Morgan fingerprint density at radius 2 is 2.17 bits per heavy atom. The number of rotatable bonds is 7. The molecule has 24 heavy (non-hydrogen) atoms. The first-order valence-corrected chi connectivity index (χ1v) is 8.66. The van der Waals surface area contributed by atoms with E-state index in [1.807, 2.05) is 31.2 Å². The zero-order chi connectivity index (χ0) is 16.7. The SMILES string of the molecule is CCCC(C)COC(=O)Cc1ccccc1N=c1o[c-]c(C)s1.[Yb]. The van der Waals surface area contributed by atoms with Crippen LogP contribution in [0.2, 0.25) is 0 Å². The zero-order valence-corrected chi connectivity index (χ0v) is 16.6. The van der Waals surface area contributed by atoms with Crippen LogP contribution in [0.4, 0.5) is 5.69 Å². The summed E-state index contributed by atoms with van der Waals surface area (Å²) in [6.45, 7) is 6.61. The summed E-state index contributed by atoms with van der Waals surface area (Å²) >= 11 is 1.42. The molecule has 1 aromatic heterocycles. The average molecular weight is 505 g/mol. The number of esters is 1. The van der Waals surface area contributed by atoms with Gasteiger partial charge in [-0.1, -0.05) is 49.6 Å². The van der Waals surface area contributed by atoms with E-state index in [4.69, 9.17) is 9.15 Å². The molecule has 0 aliphatic rings. The van der Waals surface area contributed by atoms with E-state index in [0.29, 0.717) is 17.4 Å². The Balaban J connectivity index is 0.00000288. The van der Waals surface area contributed by atoms with Crippen LogP contribution in [0.5, 0.6) is 0 Å². The van der Waals surface area contributed by atoms with Crippen molar-refractivity contribution in [1.29, 1.82) is 0 Å². The number of nitrogens with zero attached hydrogens (tertiary/aromatic N) is 1. The molecule has 138 valence electrons. The van der Waals surface area contributed by atoms with Crippen molar-refractivity contribution in [3.8, 4) is 0 Å². The van der Waals surface area contributed by atoms with Gasteiger partial charge in [0.15, 0.2) is 0 Å². The van der Waals surface area contributed by atoms with Gasteiger partial charge in [-0.15, -0.1) is 0 Å². The number of ether oxygens (including phenoxy) is 1. The van der Waals surface area contributed by atoms with Crippen molar-refractivity contribution < 1.29 is 60.9 Å². The van der Waals surface area contributed by atoms with Gasteiger partial charge in [0.25, 0.3) is 0 Å². The van der Waals surface area contributed by atoms with Crippen molar-refractivity contribution in [3.05, 3.63) is 45.8 Å². The van der Waals surface area contributed by atoms with Crippen LogP contribution in [0.25, 0.3) is 0 Å². The average Bonchev–Trinajstić information content (AvgIpc) is 2.93. The summed E-state index contributed by atoms with van der Waals surface area (Å²) in [4.78, 5) is 18.0. The van der Waals surface area contributed by atoms with E-state index < -0.39 is 0 Å².